The summed E-state index contributed by atoms with van der Waals surface area (Å²) < 4.78 is 21.4. The number of benzene rings is 1. The molecule has 158 valence electrons. The molecule has 0 spiro atoms. The fourth-order valence-electron chi connectivity index (χ4n) is 3.19. The van der Waals surface area contributed by atoms with E-state index in [9.17, 15) is 5.26 Å². The molecule has 8 nitrogen and oxygen atoms in total. The van der Waals surface area contributed by atoms with Crippen LogP contribution in [0.1, 0.15) is 21.8 Å². The largest absolute Gasteiger partial charge is 0.493 e. The molecule has 2 aromatic heterocycles. The first-order valence-electron chi connectivity index (χ1n) is 9.28. The van der Waals surface area contributed by atoms with Crippen LogP contribution in [0.4, 0.5) is 5.82 Å². The van der Waals surface area contributed by atoms with Gasteiger partial charge in [-0.2, -0.15) is 5.26 Å². The van der Waals surface area contributed by atoms with Gasteiger partial charge in [-0.1, -0.05) is 0 Å². The van der Waals surface area contributed by atoms with Crippen LogP contribution in [-0.2, 0) is 11.2 Å². The van der Waals surface area contributed by atoms with Crippen LogP contribution in [0.5, 0.6) is 17.2 Å². The molecule has 0 bridgehead atoms. The summed E-state index contributed by atoms with van der Waals surface area (Å²) in [5.41, 5.74) is 1.80. The summed E-state index contributed by atoms with van der Waals surface area (Å²) in [6, 6.07) is 6.01. The van der Waals surface area contributed by atoms with Gasteiger partial charge in [-0.05, 0) is 30.2 Å². The topological polar surface area (TPSA) is 98.5 Å². The minimum atomic E-state index is 0.463. The van der Waals surface area contributed by atoms with Gasteiger partial charge in [0.15, 0.2) is 11.5 Å². The van der Waals surface area contributed by atoms with Crippen molar-refractivity contribution in [3.63, 3.8) is 0 Å². The number of nitrogens with zero attached hydrogens (tertiary/aromatic N) is 3. The van der Waals surface area contributed by atoms with Crippen molar-refractivity contribution in [3.05, 3.63) is 34.0 Å². The van der Waals surface area contributed by atoms with Crippen molar-refractivity contribution in [2.45, 2.75) is 13.3 Å². The van der Waals surface area contributed by atoms with Gasteiger partial charge in [-0.25, -0.2) is 9.97 Å². The summed E-state index contributed by atoms with van der Waals surface area (Å²) in [6.45, 7) is 3.06. The Morgan fingerprint density at radius 2 is 1.77 bits per heavy atom. The number of nitriles is 1. The molecule has 0 radical (unpaired) electrons. The second-order valence-corrected chi connectivity index (χ2v) is 7.47. The number of hydrogen-bond donors (Lipinski definition) is 1. The van der Waals surface area contributed by atoms with Gasteiger partial charge >= 0.3 is 0 Å². The van der Waals surface area contributed by atoms with Crippen LogP contribution in [-0.4, -0.2) is 51.6 Å². The maximum Gasteiger partial charge on any atom is 0.203 e. The number of anilines is 1. The van der Waals surface area contributed by atoms with E-state index in [4.69, 9.17) is 28.9 Å². The Morgan fingerprint density at radius 3 is 2.33 bits per heavy atom. The molecule has 0 atom stereocenters. The molecule has 0 aliphatic heterocycles. The van der Waals surface area contributed by atoms with Gasteiger partial charge in [0.1, 0.15) is 27.4 Å². The summed E-state index contributed by atoms with van der Waals surface area (Å²) in [5.74, 6) is 3.02. The maximum atomic E-state index is 9.43. The Morgan fingerprint density at radius 1 is 1.07 bits per heavy atom. The van der Waals surface area contributed by atoms with Gasteiger partial charge < -0.3 is 24.3 Å². The fraction of sp³-hybridized carbons (Fsp3) is 0.381. The molecular weight excluding hydrogens is 404 g/mol. The predicted molar refractivity (Wildman–Crippen MR) is 116 cm³/mol. The molecule has 0 aliphatic carbocycles. The average molecular weight is 429 g/mol. The number of aromatic nitrogens is 2. The van der Waals surface area contributed by atoms with E-state index >= 15 is 0 Å². The quantitative estimate of drug-likeness (QED) is 0.517. The molecule has 0 fully saturated rings. The highest BCUT2D eigenvalue weighted by molar-refractivity contribution is 7.19. The number of thiophene rings is 1. The number of nitrogens with one attached hydrogen (secondary N) is 1. The van der Waals surface area contributed by atoms with E-state index in [0.717, 1.165) is 21.3 Å². The number of ether oxygens (including phenoxy) is 4. The Balaban J connectivity index is 2.05. The highest BCUT2D eigenvalue weighted by atomic mass is 32.1. The smallest absolute Gasteiger partial charge is 0.203 e. The Labute approximate surface area is 179 Å². The van der Waals surface area contributed by atoms with Crippen molar-refractivity contribution in [2.75, 3.05) is 46.9 Å². The van der Waals surface area contributed by atoms with Crippen molar-refractivity contribution in [1.29, 1.82) is 5.26 Å². The van der Waals surface area contributed by atoms with E-state index in [2.05, 4.69) is 11.4 Å². The number of methoxy groups -OCH3 is 4. The van der Waals surface area contributed by atoms with Gasteiger partial charge in [0, 0.05) is 20.1 Å². The van der Waals surface area contributed by atoms with Crippen LogP contribution in [0, 0.1) is 18.3 Å². The second kappa shape index (κ2) is 9.61. The maximum absolute atomic E-state index is 9.43. The van der Waals surface area contributed by atoms with Crippen LogP contribution in [0.2, 0.25) is 0 Å². The number of hydrogen-bond acceptors (Lipinski definition) is 9. The number of aryl methyl sites for hydroxylation is 1. The van der Waals surface area contributed by atoms with E-state index in [1.54, 1.807) is 28.4 Å². The lowest BCUT2D eigenvalue weighted by Gasteiger charge is -2.14. The minimum Gasteiger partial charge on any atom is -0.493 e. The molecule has 2 heterocycles. The molecule has 0 amide bonds. The van der Waals surface area contributed by atoms with Gasteiger partial charge in [-0.15, -0.1) is 11.3 Å². The zero-order chi connectivity index (χ0) is 21.7. The lowest BCUT2D eigenvalue weighted by molar-refractivity contribution is 0.210. The normalized spacial score (nSPS) is 10.7. The van der Waals surface area contributed by atoms with Gasteiger partial charge in [0.25, 0.3) is 0 Å². The summed E-state index contributed by atoms with van der Waals surface area (Å²) >= 11 is 1.37. The lowest BCUT2D eigenvalue weighted by atomic mass is 10.1. The SMILES string of the molecule is COCCNc1nc(Cc2cc(OC)c(OC)c(OC)c2)nc2sc(C#N)c(C)c12. The first-order chi connectivity index (χ1) is 14.6. The van der Waals surface area contributed by atoms with Crippen molar-refractivity contribution in [3.8, 4) is 23.3 Å². The predicted octanol–water partition coefficient (Wildman–Crippen LogP) is 3.55. The highest BCUT2D eigenvalue weighted by Gasteiger charge is 2.18. The van der Waals surface area contributed by atoms with E-state index in [0.29, 0.717) is 53.3 Å². The number of fused-ring (bicyclic) bond motifs is 1. The molecule has 3 aromatic rings. The summed E-state index contributed by atoms with van der Waals surface area (Å²) in [5, 5.41) is 13.6. The molecule has 0 saturated carbocycles. The van der Waals surface area contributed by atoms with E-state index in [1.807, 2.05) is 19.1 Å². The third-order valence-electron chi connectivity index (χ3n) is 4.62. The van der Waals surface area contributed by atoms with Crippen molar-refractivity contribution >= 4 is 27.4 Å². The average Bonchev–Trinajstić information content (AvgIpc) is 3.08. The van der Waals surface area contributed by atoms with Crippen LogP contribution in [0.25, 0.3) is 10.2 Å². The number of rotatable bonds is 9. The third-order valence-corrected chi connectivity index (χ3v) is 5.71. The molecule has 0 unspecified atom stereocenters. The van der Waals surface area contributed by atoms with Gasteiger partial charge in [-0.3, -0.25) is 0 Å². The molecule has 1 aromatic carbocycles. The Bertz CT molecular complexity index is 1070. The van der Waals surface area contributed by atoms with Crippen LogP contribution in [0.15, 0.2) is 12.1 Å². The van der Waals surface area contributed by atoms with E-state index in [1.165, 1.54) is 11.3 Å². The fourth-order valence-corrected chi connectivity index (χ4v) is 4.19. The summed E-state index contributed by atoms with van der Waals surface area (Å²) in [6.07, 6.45) is 0.463. The molecule has 30 heavy (non-hydrogen) atoms. The van der Waals surface area contributed by atoms with Crippen molar-refractivity contribution < 1.29 is 18.9 Å². The zero-order valence-electron chi connectivity index (χ0n) is 17.7. The first kappa shape index (κ1) is 21.6. The van der Waals surface area contributed by atoms with E-state index < -0.39 is 0 Å². The standard InChI is InChI=1S/C21H24N4O4S/c1-12-16(11-22)30-21-18(12)20(23-6-7-26-2)24-17(25-21)10-13-8-14(27-3)19(29-5)15(9-13)28-4/h8-9H,6-7,10H2,1-5H3,(H,23,24,25). The second-order valence-electron chi connectivity index (χ2n) is 6.47. The third kappa shape index (κ3) is 4.25. The monoisotopic (exact) mass is 428 g/mol. The lowest BCUT2D eigenvalue weighted by Crippen LogP contribution is -2.11. The molecular formula is C21H24N4O4S. The zero-order valence-corrected chi connectivity index (χ0v) is 18.5. The Kier molecular flexibility index (Phi) is 6.92. The van der Waals surface area contributed by atoms with Crippen LogP contribution >= 0.6 is 11.3 Å². The van der Waals surface area contributed by atoms with Crippen molar-refractivity contribution in [2.24, 2.45) is 0 Å². The van der Waals surface area contributed by atoms with Crippen LogP contribution < -0.4 is 19.5 Å². The Hall–Kier alpha value is -3.09. The van der Waals surface area contributed by atoms with E-state index in [-0.39, 0.29) is 0 Å². The molecule has 1 N–H and O–H groups in total. The molecule has 3 rings (SSSR count). The van der Waals surface area contributed by atoms with Crippen LogP contribution in [0.3, 0.4) is 0 Å². The molecule has 0 saturated heterocycles. The minimum absolute atomic E-state index is 0.463. The van der Waals surface area contributed by atoms with Crippen molar-refractivity contribution in [1.82, 2.24) is 9.97 Å². The summed E-state index contributed by atoms with van der Waals surface area (Å²) in [7, 11) is 6.39. The highest BCUT2D eigenvalue weighted by Crippen LogP contribution is 2.39. The molecule has 0 aliphatic rings. The first-order valence-corrected chi connectivity index (χ1v) is 10.1. The van der Waals surface area contributed by atoms with Gasteiger partial charge in [0.2, 0.25) is 5.75 Å². The summed E-state index contributed by atoms with van der Waals surface area (Å²) in [4.78, 5) is 10.9. The van der Waals surface area contributed by atoms with Gasteiger partial charge in [0.05, 0.1) is 33.3 Å². The molecule has 9 heteroatoms.